The molecule has 5 nitrogen and oxygen atoms in total. The highest BCUT2D eigenvalue weighted by atomic mass is 16.5. The summed E-state index contributed by atoms with van der Waals surface area (Å²) in [6.45, 7) is 6.65. The third-order valence-corrected chi connectivity index (χ3v) is 3.82. The largest absolute Gasteiger partial charge is 0.361 e. The Hall–Kier alpha value is -1.36. The number of nitrogens with zero attached hydrogens (tertiary/aromatic N) is 1. The van der Waals surface area contributed by atoms with Gasteiger partial charge in [-0.3, -0.25) is 4.79 Å². The number of aromatic nitrogens is 1. The van der Waals surface area contributed by atoms with Crippen LogP contribution in [-0.2, 0) is 11.2 Å². The van der Waals surface area contributed by atoms with Crippen molar-refractivity contribution in [3.05, 3.63) is 17.0 Å². The van der Waals surface area contributed by atoms with E-state index >= 15 is 0 Å². The highest BCUT2D eigenvalue weighted by Crippen LogP contribution is 2.14. The summed E-state index contributed by atoms with van der Waals surface area (Å²) in [6.07, 6.45) is 3.61. The number of carbonyl (C=O) groups excluding carboxylic acids is 1. The zero-order valence-corrected chi connectivity index (χ0v) is 11.8. The van der Waals surface area contributed by atoms with Gasteiger partial charge < -0.3 is 15.2 Å². The smallest absolute Gasteiger partial charge is 0.220 e. The topological polar surface area (TPSA) is 67.2 Å². The van der Waals surface area contributed by atoms with Crippen molar-refractivity contribution in [1.29, 1.82) is 0 Å². The highest BCUT2D eigenvalue weighted by Gasteiger charge is 2.15. The molecule has 1 aliphatic rings. The van der Waals surface area contributed by atoms with Crippen molar-refractivity contribution < 1.29 is 9.32 Å². The van der Waals surface area contributed by atoms with Gasteiger partial charge in [-0.05, 0) is 52.1 Å². The molecule has 106 valence electrons. The number of aryl methyl sites for hydroxylation is 2. The molecule has 0 bridgehead atoms. The Morgan fingerprint density at radius 2 is 2.37 bits per heavy atom. The molecule has 1 saturated heterocycles. The highest BCUT2D eigenvalue weighted by molar-refractivity contribution is 5.75. The Labute approximate surface area is 114 Å². The number of nitrogens with one attached hydrogen (secondary N) is 2. The van der Waals surface area contributed by atoms with Crippen molar-refractivity contribution in [3.63, 3.8) is 0 Å². The number of hydrogen-bond acceptors (Lipinski definition) is 4. The number of amides is 1. The lowest BCUT2D eigenvalue weighted by Crippen LogP contribution is -2.26. The number of rotatable bonds is 6. The molecule has 2 rings (SSSR count). The second kappa shape index (κ2) is 6.70. The van der Waals surface area contributed by atoms with Crippen molar-refractivity contribution in [2.45, 2.75) is 39.5 Å². The molecule has 2 N–H and O–H groups in total. The molecule has 1 atom stereocenters. The van der Waals surface area contributed by atoms with Crippen LogP contribution in [0.15, 0.2) is 4.52 Å². The van der Waals surface area contributed by atoms with Gasteiger partial charge in [0.15, 0.2) is 0 Å². The molecular weight excluding hydrogens is 242 g/mol. The van der Waals surface area contributed by atoms with Gasteiger partial charge in [0, 0.05) is 18.5 Å². The van der Waals surface area contributed by atoms with Crippen LogP contribution in [0.25, 0.3) is 0 Å². The second-order valence-electron chi connectivity index (χ2n) is 5.30. The van der Waals surface area contributed by atoms with Crippen molar-refractivity contribution in [2.24, 2.45) is 5.92 Å². The standard InChI is InChI=1S/C14H23N3O2/c1-10-13(11(2)19-17-10)6-8-16-14(18)4-3-12-5-7-15-9-12/h12,15H,3-9H2,1-2H3,(H,16,18). The van der Waals surface area contributed by atoms with Crippen LogP contribution in [0.1, 0.15) is 36.3 Å². The van der Waals surface area contributed by atoms with Crippen molar-refractivity contribution >= 4 is 5.91 Å². The average Bonchev–Trinajstić information content (AvgIpc) is 3.00. The Morgan fingerprint density at radius 1 is 1.53 bits per heavy atom. The number of carbonyl (C=O) groups is 1. The summed E-state index contributed by atoms with van der Waals surface area (Å²) in [4.78, 5) is 11.7. The normalized spacial score (nSPS) is 18.7. The maximum absolute atomic E-state index is 11.7. The molecule has 1 aliphatic heterocycles. The lowest BCUT2D eigenvalue weighted by molar-refractivity contribution is -0.121. The van der Waals surface area contributed by atoms with Crippen molar-refractivity contribution in [2.75, 3.05) is 19.6 Å². The Balaban J connectivity index is 1.63. The van der Waals surface area contributed by atoms with E-state index in [1.165, 1.54) is 6.42 Å². The van der Waals surface area contributed by atoms with E-state index < -0.39 is 0 Å². The summed E-state index contributed by atoms with van der Waals surface area (Å²) >= 11 is 0. The van der Waals surface area contributed by atoms with Gasteiger partial charge in [-0.2, -0.15) is 0 Å². The molecule has 1 unspecified atom stereocenters. The zero-order chi connectivity index (χ0) is 13.7. The van der Waals surface area contributed by atoms with Gasteiger partial charge >= 0.3 is 0 Å². The Kier molecular flexibility index (Phi) is 4.96. The third kappa shape index (κ3) is 4.06. The van der Waals surface area contributed by atoms with E-state index in [0.29, 0.717) is 18.9 Å². The van der Waals surface area contributed by atoms with Crippen LogP contribution in [-0.4, -0.2) is 30.7 Å². The lowest BCUT2D eigenvalue weighted by atomic mass is 10.0. The minimum atomic E-state index is 0.152. The van der Waals surface area contributed by atoms with Crippen LogP contribution in [0, 0.1) is 19.8 Å². The predicted octanol–water partition coefficient (Wildman–Crippen LogP) is 1.34. The van der Waals surface area contributed by atoms with E-state index in [0.717, 1.165) is 42.9 Å². The second-order valence-corrected chi connectivity index (χ2v) is 5.30. The predicted molar refractivity (Wildman–Crippen MR) is 72.9 cm³/mol. The zero-order valence-electron chi connectivity index (χ0n) is 11.8. The summed E-state index contributed by atoms with van der Waals surface area (Å²) in [6, 6.07) is 0. The molecule has 0 radical (unpaired) electrons. The molecule has 1 aromatic rings. The molecule has 0 saturated carbocycles. The van der Waals surface area contributed by atoms with Crippen molar-refractivity contribution in [1.82, 2.24) is 15.8 Å². The maximum Gasteiger partial charge on any atom is 0.220 e. The van der Waals surface area contributed by atoms with Gasteiger partial charge in [0.2, 0.25) is 5.91 Å². The molecule has 2 heterocycles. The van der Waals surface area contributed by atoms with E-state index in [1.807, 2.05) is 13.8 Å². The van der Waals surface area contributed by atoms with E-state index in [9.17, 15) is 4.79 Å². The fourth-order valence-corrected chi connectivity index (χ4v) is 2.57. The van der Waals surface area contributed by atoms with Gasteiger partial charge in [-0.25, -0.2) is 0 Å². The molecule has 1 amide bonds. The first-order valence-electron chi connectivity index (χ1n) is 7.06. The lowest BCUT2D eigenvalue weighted by Gasteiger charge is -2.08. The average molecular weight is 265 g/mol. The quantitative estimate of drug-likeness (QED) is 0.814. The maximum atomic E-state index is 11.7. The van der Waals surface area contributed by atoms with Crippen LogP contribution in [0.4, 0.5) is 0 Å². The molecule has 0 aromatic carbocycles. The van der Waals surface area contributed by atoms with E-state index in [1.54, 1.807) is 0 Å². The number of hydrogen-bond donors (Lipinski definition) is 2. The van der Waals surface area contributed by atoms with Crippen LogP contribution in [0.5, 0.6) is 0 Å². The van der Waals surface area contributed by atoms with Gasteiger partial charge in [0.05, 0.1) is 5.69 Å². The summed E-state index contributed by atoms with van der Waals surface area (Å²) in [7, 11) is 0. The van der Waals surface area contributed by atoms with Crippen LogP contribution < -0.4 is 10.6 Å². The monoisotopic (exact) mass is 265 g/mol. The molecule has 5 heteroatoms. The van der Waals surface area contributed by atoms with Gasteiger partial charge in [-0.1, -0.05) is 5.16 Å². The first kappa shape index (κ1) is 14.1. The molecule has 1 fully saturated rings. The van der Waals surface area contributed by atoms with Gasteiger partial charge in [-0.15, -0.1) is 0 Å². The summed E-state index contributed by atoms with van der Waals surface area (Å²) < 4.78 is 5.10. The molecule has 1 aromatic heterocycles. The fourth-order valence-electron chi connectivity index (χ4n) is 2.57. The van der Waals surface area contributed by atoms with Crippen LogP contribution in [0.3, 0.4) is 0 Å². The van der Waals surface area contributed by atoms with E-state index in [4.69, 9.17) is 4.52 Å². The van der Waals surface area contributed by atoms with Gasteiger partial charge in [0.25, 0.3) is 0 Å². The summed E-state index contributed by atoms with van der Waals surface area (Å²) in [5.41, 5.74) is 2.03. The Morgan fingerprint density at radius 3 is 3.00 bits per heavy atom. The van der Waals surface area contributed by atoms with E-state index in [2.05, 4.69) is 15.8 Å². The van der Waals surface area contributed by atoms with Crippen LogP contribution in [0.2, 0.25) is 0 Å². The minimum Gasteiger partial charge on any atom is -0.361 e. The SMILES string of the molecule is Cc1noc(C)c1CCNC(=O)CCC1CCNC1. The van der Waals surface area contributed by atoms with Crippen LogP contribution >= 0.6 is 0 Å². The molecule has 19 heavy (non-hydrogen) atoms. The molecular formula is C14H23N3O2. The van der Waals surface area contributed by atoms with Crippen molar-refractivity contribution in [3.8, 4) is 0 Å². The molecule has 0 aliphatic carbocycles. The summed E-state index contributed by atoms with van der Waals surface area (Å²) in [5, 5.41) is 10.2. The van der Waals surface area contributed by atoms with Gasteiger partial charge in [0.1, 0.15) is 5.76 Å². The first-order valence-corrected chi connectivity index (χ1v) is 7.06. The summed E-state index contributed by atoms with van der Waals surface area (Å²) in [5.74, 6) is 1.68. The van der Waals surface area contributed by atoms with E-state index in [-0.39, 0.29) is 5.91 Å². The Bertz CT molecular complexity index is 403. The minimum absolute atomic E-state index is 0.152. The molecule has 0 spiro atoms. The first-order chi connectivity index (χ1) is 9.16. The third-order valence-electron chi connectivity index (χ3n) is 3.82. The fraction of sp³-hybridized carbons (Fsp3) is 0.714.